The lowest BCUT2D eigenvalue weighted by Crippen LogP contribution is -1.85. The largest absolute Gasteiger partial charge is 0.394 e. The zero-order chi connectivity index (χ0) is 10.6. The molecule has 1 aromatic carbocycles. The molecule has 0 unspecified atom stereocenters. The van der Waals surface area contributed by atoms with Crippen molar-refractivity contribution in [3.05, 3.63) is 36.5 Å². The van der Waals surface area contributed by atoms with E-state index < -0.39 is 0 Å². The lowest BCUT2D eigenvalue weighted by atomic mass is 10.2. The molecule has 0 spiro atoms. The Morgan fingerprint density at radius 1 is 1.14 bits per heavy atom. The Bertz CT molecular complexity index is 387. The fourth-order valence-corrected chi connectivity index (χ4v) is 1.22. The van der Waals surface area contributed by atoms with Crippen LogP contribution < -0.4 is 0 Å². The minimum atomic E-state index is -0.167. The van der Waals surface area contributed by atoms with Crippen molar-refractivity contribution in [2.75, 3.05) is 0 Å². The third-order valence-corrected chi connectivity index (χ3v) is 1.79. The smallest absolute Gasteiger partial charge is 0.0483 e. The van der Waals surface area contributed by atoms with Crippen LogP contribution in [-0.2, 0) is 7.05 Å². The van der Waals surface area contributed by atoms with Crippen molar-refractivity contribution in [2.45, 2.75) is 20.0 Å². The number of aliphatic hydroxyl groups excluding tert-OH is 1. The molecule has 0 saturated heterocycles. The van der Waals surface area contributed by atoms with Gasteiger partial charge in [0, 0.05) is 24.9 Å². The Hall–Kier alpha value is -1.28. The lowest BCUT2D eigenvalue weighted by Gasteiger charge is -1.92. The molecule has 14 heavy (non-hydrogen) atoms. The standard InChI is InChI=1S/C9H9N.C3H8O/c1-10-7-6-8-4-2-3-5-9(8)10;1-3(2)4/h2-7H,1H3;3-4H,1-2H3. The van der Waals surface area contributed by atoms with Crippen LogP contribution in [0.3, 0.4) is 0 Å². The van der Waals surface area contributed by atoms with Crippen LogP contribution in [0, 0.1) is 0 Å². The van der Waals surface area contributed by atoms with Crippen molar-refractivity contribution >= 4 is 10.9 Å². The Kier molecular flexibility index (Phi) is 3.72. The number of hydrogen-bond acceptors (Lipinski definition) is 1. The first-order valence-corrected chi connectivity index (χ1v) is 4.79. The van der Waals surface area contributed by atoms with Crippen LogP contribution in [0.4, 0.5) is 0 Å². The van der Waals surface area contributed by atoms with Crippen molar-refractivity contribution < 1.29 is 5.11 Å². The van der Waals surface area contributed by atoms with E-state index in [-0.39, 0.29) is 6.10 Å². The highest BCUT2D eigenvalue weighted by Gasteiger charge is 1.92. The van der Waals surface area contributed by atoms with Crippen LogP contribution in [0.1, 0.15) is 13.8 Å². The molecular formula is C12H17NO. The summed E-state index contributed by atoms with van der Waals surface area (Å²) >= 11 is 0. The van der Waals surface area contributed by atoms with Gasteiger partial charge in [-0.15, -0.1) is 0 Å². The molecule has 1 N–H and O–H groups in total. The Morgan fingerprint density at radius 2 is 1.71 bits per heavy atom. The number of aliphatic hydroxyl groups is 1. The summed E-state index contributed by atoms with van der Waals surface area (Å²) < 4.78 is 2.12. The summed E-state index contributed by atoms with van der Waals surface area (Å²) in [5.74, 6) is 0. The molecule has 0 aliphatic rings. The van der Waals surface area contributed by atoms with E-state index in [4.69, 9.17) is 5.11 Å². The molecule has 0 saturated carbocycles. The van der Waals surface area contributed by atoms with Crippen molar-refractivity contribution in [3.63, 3.8) is 0 Å². The van der Waals surface area contributed by atoms with Crippen LogP contribution >= 0.6 is 0 Å². The summed E-state index contributed by atoms with van der Waals surface area (Å²) in [6.45, 7) is 3.44. The minimum absolute atomic E-state index is 0.167. The second-order valence-electron chi connectivity index (χ2n) is 3.58. The maximum absolute atomic E-state index is 8.06. The van der Waals surface area contributed by atoms with Crippen LogP contribution in [-0.4, -0.2) is 15.8 Å². The first-order chi connectivity index (χ1) is 6.61. The van der Waals surface area contributed by atoms with E-state index >= 15 is 0 Å². The molecule has 1 aromatic heterocycles. The summed E-state index contributed by atoms with van der Waals surface area (Å²) in [5, 5.41) is 9.37. The van der Waals surface area contributed by atoms with Gasteiger partial charge >= 0.3 is 0 Å². The van der Waals surface area contributed by atoms with Crippen molar-refractivity contribution in [1.29, 1.82) is 0 Å². The Morgan fingerprint density at radius 3 is 2.29 bits per heavy atom. The summed E-state index contributed by atoms with van der Waals surface area (Å²) in [6, 6.07) is 10.5. The van der Waals surface area contributed by atoms with Gasteiger partial charge in [-0.1, -0.05) is 18.2 Å². The second kappa shape index (κ2) is 4.82. The van der Waals surface area contributed by atoms with Gasteiger partial charge in [-0.3, -0.25) is 0 Å². The van der Waals surface area contributed by atoms with E-state index in [0.717, 1.165) is 0 Å². The quantitative estimate of drug-likeness (QED) is 0.680. The first kappa shape index (κ1) is 10.8. The number of rotatable bonds is 0. The van der Waals surface area contributed by atoms with Crippen molar-refractivity contribution in [2.24, 2.45) is 7.05 Å². The zero-order valence-electron chi connectivity index (χ0n) is 8.94. The van der Waals surface area contributed by atoms with Gasteiger partial charge in [-0.25, -0.2) is 0 Å². The number of aromatic nitrogens is 1. The minimum Gasteiger partial charge on any atom is -0.394 e. The summed E-state index contributed by atoms with van der Waals surface area (Å²) in [4.78, 5) is 0. The molecule has 0 fully saturated rings. The van der Waals surface area contributed by atoms with E-state index in [1.165, 1.54) is 10.9 Å². The fraction of sp³-hybridized carbons (Fsp3) is 0.333. The van der Waals surface area contributed by atoms with Gasteiger partial charge in [0.25, 0.3) is 0 Å². The molecule has 0 aliphatic carbocycles. The maximum atomic E-state index is 8.06. The van der Waals surface area contributed by atoms with Gasteiger partial charge in [-0.05, 0) is 31.4 Å². The topological polar surface area (TPSA) is 25.2 Å². The molecule has 2 nitrogen and oxygen atoms in total. The van der Waals surface area contributed by atoms with Crippen LogP contribution in [0.5, 0.6) is 0 Å². The average Bonchev–Trinajstić information content (AvgIpc) is 2.48. The van der Waals surface area contributed by atoms with E-state index in [9.17, 15) is 0 Å². The predicted octanol–water partition coefficient (Wildman–Crippen LogP) is 2.57. The van der Waals surface area contributed by atoms with Gasteiger partial charge in [0.2, 0.25) is 0 Å². The van der Waals surface area contributed by atoms with Gasteiger partial charge < -0.3 is 9.67 Å². The lowest BCUT2D eigenvalue weighted by molar-refractivity contribution is 0.216. The molecule has 2 aromatic rings. The molecule has 2 rings (SSSR count). The molecule has 0 bridgehead atoms. The van der Waals surface area contributed by atoms with Crippen LogP contribution in [0.2, 0.25) is 0 Å². The molecular weight excluding hydrogens is 174 g/mol. The van der Waals surface area contributed by atoms with E-state index in [1.807, 2.05) is 0 Å². The monoisotopic (exact) mass is 191 g/mol. The van der Waals surface area contributed by atoms with E-state index in [0.29, 0.717) is 0 Å². The number of benzene rings is 1. The normalized spacial score (nSPS) is 10.1. The van der Waals surface area contributed by atoms with Crippen molar-refractivity contribution in [1.82, 2.24) is 4.57 Å². The van der Waals surface area contributed by atoms with Crippen LogP contribution in [0.25, 0.3) is 10.9 Å². The molecule has 0 radical (unpaired) electrons. The van der Waals surface area contributed by atoms with Crippen molar-refractivity contribution in [3.8, 4) is 0 Å². The highest BCUT2D eigenvalue weighted by Crippen LogP contribution is 2.12. The van der Waals surface area contributed by atoms with Gasteiger partial charge in [0.1, 0.15) is 0 Å². The van der Waals surface area contributed by atoms with E-state index in [2.05, 4.69) is 48.1 Å². The number of para-hydroxylation sites is 1. The van der Waals surface area contributed by atoms with E-state index in [1.54, 1.807) is 13.8 Å². The first-order valence-electron chi connectivity index (χ1n) is 4.79. The molecule has 0 amide bonds. The molecule has 1 heterocycles. The van der Waals surface area contributed by atoms with Gasteiger partial charge in [0.15, 0.2) is 0 Å². The second-order valence-corrected chi connectivity index (χ2v) is 3.58. The molecule has 0 aliphatic heterocycles. The Labute approximate surface area is 84.8 Å². The predicted molar refractivity (Wildman–Crippen MR) is 60.3 cm³/mol. The third-order valence-electron chi connectivity index (χ3n) is 1.79. The number of aryl methyl sites for hydroxylation is 1. The number of nitrogens with zero attached hydrogens (tertiary/aromatic N) is 1. The number of hydrogen-bond donors (Lipinski definition) is 1. The SMILES string of the molecule is CC(C)O.Cn1ccc2ccccc21. The zero-order valence-corrected chi connectivity index (χ0v) is 8.94. The molecule has 2 heteroatoms. The fourth-order valence-electron chi connectivity index (χ4n) is 1.22. The summed E-state index contributed by atoms with van der Waals surface area (Å²) in [6.07, 6.45) is 1.91. The molecule has 0 atom stereocenters. The average molecular weight is 191 g/mol. The van der Waals surface area contributed by atoms with Gasteiger partial charge in [0.05, 0.1) is 0 Å². The maximum Gasteiger partial charge on any atom is 0.0483 e. The number of fused-ring (bicyclic) bond motifs is 1. The van der Waals surface area contributed by atoms with Gasteiger partial charge in [-0.2, -0.15) is 0 Å². The Balaban J connectivity index is 0.000000213. The third kappa shape index (κ3) is 2.89. The summed E-state index contributed by atoms with van der Waals surface area (Å²) in [7, 11) is 2.06. The molecule has 76 valence electrons. The highest BCUT2D eigenvalue weighted by molar-refractivity contribution is 5.79. The van der Waals surface area contributed by atoms with Crippen LogP contribution in [0.15, 0.2) is 36.5 Å². The highest BCUT2D eigenvalue weighted by atomic mass is 16.3. The summed E-state index contributed by atoms with van der Waals surface area (Å²) in [5.41, 5.74) is 1.29.